The number of likely N-dealkylation sites (N-methyl/N-ethyl adjacent to an activating group) is 1. The second-order valence-corrected chi connectivity index (χ2v) is 10.6. The summed E-state index contributed by atoms with van der Waals surface area (Å²) in [5.41, 5.74) is 0.876. The number of carbonyl (C=O) groups is 1. The van der Waals surface area contributed by atoms with Crippen molar-refractivity contribution >= 4 is 12.0 Å². The number of benzene rings is 2. The maximum absolute atomic E-state index is 13.6. The van der Waals surface area contributed by atoms with Gasteiger partial charge in [-0.05, 0) is 67.6 Å². The van der Waals surface area contributed by atoms with Crippen LogP contribution in [0.2, 0.25) is 0 Å². The predicted molar refractivity (Wildman–Crippen MR) is 134 cm³/mol. The Balaban J connectivity index is 1.38. The standard InChI is InChI=1S/C29H31FN2O4/c1-3-14-32-15-13-28-25-19-8-9-22(33)26(25)36-27(28)21(11-12-29(28,35)23(32)17-19)31(2)24(34)10-7-18-5-4-6-20(30)16-18/h3-10,16,21,23,27,33,35H,1,11-15,17H2,2H3/t21-,23-,27+,28+,29?/m1/s1. The smallest absolute Gasteiger partial charge is 0.246 e. The molecule has 2 heterocycles. The number of aliphatic hydroxyl groups is 1. The first-order chi connectivity index (χ1) is 17.3. The molecule has 4 aliphatic rings. The van der Waals surface area contributed by atoms with Gasteiger partial charge < -0.3 is 19.8 Å². The van der Waals surface area contributed by atoms with Crippen molar-refractivity contribution in [3.8, 4) is 11.5 Å². The molecule has 188 valence electrons. The molecule has 7 heteroatoms. The van der Waals surface area contributed by atoms with Gasteiger partial charge in [0, 0.05) is 31.3 Å². The Morgan fingerprint density at radius 3 is 2.94 bits per heavy atom. The molecule has 0 aromatic heterocycles. The summed E-state index contributed by atoms with van der Waals surface area (Å²) in [7, 11) is 1.75. The number of carbonyl (C=O) groups excluding carboxylic acids is 1. The van der Waals surface area contributed by atoms with Crippen LogP contribution >= 0.6 is 0 Å². The normalized spacial score (nSPS) is 32.1. The minimum Gasteiger partial charge on any atom is -0.504 e. The van der Waals surface area contributed by atoms with E-state index in [1.807, 2.05) is 12.1 Å². The number of phenolic OH excluding ortho intramolecular Hbond substituents is 1. The Labute approximate surface area is 210 Å². The summed E-state index contributed by atoms with van der Waals surface area (Å²) in [6.45, 7) is 5.38. The zero-order valence-electron chi connectivity index (χ0n) is 20.4. The molecule has 6 rings (SSSR count). The van der Waals surface area contributed by atoms with Crippen LogP contribution in [-0.4, -0.2) is 69.8 Å². The van der Waals surface area contributed by atoms with E-state index in [1.165, 1.54) is 18.2 Å². The number of likely N-dealkylation sites (tertiary alicyclic amines) is 1. The maximum atomic E-state index is 13.6. The van der Waals surface area contributed by atoms with E-state index < -0.39 is 17.1 Å². The number of ether oxygens (including phenoxy) is 1. The number of nitrogens with zero attached hydrogens (tertiary/aromatic N) is 2. The molecule has 2 bridgehead atoms. The zero-order chi connectivity index (χ0) is 25.2. The lowest BCUT2D eigenvalue weighted by Gasteiger charge is -2.64. The Morgan fingerprint density at radius 1 is 1.33 bits per heavy atom. The monoisotopic (exact) mass is 490 g/mol. The van der Waals surface area contributed by atoms with Crippen molar-refractivity contribution in [2.75, 3.05) is 20.1 Å². The molecule has 2 aliphatic carbocycles. The summed E-state index contributed by atoms with van der Waals surface area (Å²) < 4.78 is 20.1. The van der Waals surface area contributed by atoms with E-state index in [4.69, 9.17) is 4.74 Å². The molecule has 2 aromatic carbocycles. The van der Waals surface area contributed by atoms with Crippen molar-refractivity contribution in [2.24, 2.45) is 0 Å². The van der Waals surface area contributed by atoms with E-state index >= 15 is 0 Å². The fourth-order valence-corrected chi connectivity index (χ4v) is 7.44. The van der Waals surface area contributed by atoms with E-state index in [9.17, 15) is 19.4 Å². The lowest BCUT2D eigenvalue weighted by Crippen LogP contribution is -2.78. The number of halogens is 1. The number of hydrogen-bond acceptors (Lipinski definition) is 5. The number of rotatable bonds is 5. The molecule has 5 atom stereocenters. The molecule has 2 aliphatic heterocycles. The highest BCUT2D eigenvalue weighted by atomic mass is 19.1. The van der Waals surface area contributed by atoms with Crippen molar-refractivity contribution in [1.82, 2.24) is 9.80 Å². The van der Waals surface area contributed by atoms with E-state index in [2.05, 4.69) is 11.5 Å². The summed E-state index contributed by atoms with van der Waals surface area (Å²) in [6.07, 6.45) is 6.90. The zero-order valence-corrected chi connectivity index (χ0v) is 20.4. The van der Waals surface area contributed by atoms with Gasteiger partial charge in [-0.25, -0.2) is 4.39 Å². The molecular weight excluding hydrogens is 459 g/mol. The van der Waals surface area contributed by atoms with Crippen LogP contribution in [0, 0.1) is 5.82 Å². The van der Waals surface area contributed by atoms with Crippen molar-refractivity contribution in [3.63, 3.8) is 0 Å². The van der Waals surface area contributed by atoms with Crippen LogP contribution in [-0.2, 0) is 16.6 Å². The van der Waals surface area contributed by atoms with Gasteiger partial charge in [-0.3, -0.25) is 9.69 Å². The molecule has 1 amide bonds. The van der Waals surface area contributed by atoms with Crippen molar-refractivity contribution in [1.29, 1.82) is 0 Å². The molecule has 1 saturated heterocycles. The molecule has 1 saturated carbocycles. The first-order valence-corrected chi connectivity index (χ1v) is 12.6. The van der Waals surface area contributed by atoms with E-state index in [0.717, 1.165) is 17.7 Å². The summed E-state index contributed by atoms with van der Waals surface area (Å²) >= 11 is 0. The van der Waals surface area contributed by atoms with Crippen LogP contribution < -0.4 is 4.74 Å². The molecular formula is C29H31FN2O4. The van der Waals surface area contributed by atoms with Gasteiger partial charge in [0.25, 0.3) is 0 Å². The topological polar surface area (TPSA) is 73.2 Å². The third-order valence-electron chi connectivity index (χ3n) is 9.02. The number of hydrogen-bond donors (Lipinski definition) is 2. The fourth-order valence-electron chi connectivity index (χ4n) is 7.44. The van der Waals surface area contributed by atoms with Crippen LogP contribution in [0.25, 0.3) is 6.08 Å². The lowest BCUT2D eigenvalue weighted by molar-refractivity contribution is -0.198. The molecule has 1 spiro atoms. The molecule has 2 N–H and O–H groups in total. The number of aromatic hydroxyl groups is 1. The van der Waals surface area contributed by atoms with Crippen LogP contribution in [0.3, 0.4) is 0 Å². The summed E-state index contributed by atoms with van der Waals surface area (Å²) in [5.74, 6) is -0.0438. The third-order valence-corrected chi connectivity index (χ3v) is 9.02. The quantitative estimate of drug-likeness (QED) is 0.497. The van der Waals surface area contributed by atoms with E-state index in [0.29, 0.717) is 43.5 Å². The third kappa shape index (κ3) is 3.05. The van der Waals surface area contributed by atoms with Crippen LogP contribution in [0.4, 0.5) is 4.39 Å². The Bertz CT molecular complexity index is 1280. The first kappa shape index (κ1) is 23.3. The van der Waals surface area contributed by atoms with E-state index in [-0.39, 0.29) is 29.6 Å². The highest BCUT2D eigenvalue weighted by Gasteiger charge is 2.73. The number of amides is 1. The Kier molecular flexibility index (Phi) is 5.28. The predicted octanol–water partition coefficient (Wildman–Crippen LogP) is 3.41. The van der Waals surface area contributed by atoms with Gasteiger partial charge in [-0.15, -0.1) is 6.58 Å². The fraction of sp³-hybridized carbons (Fsp3) is 0.414. The highest BCUT2D eigenvalue weighted by molar-refractivity contribution is 5.92. The van der Waals surface area contributed by atoms with Crippen molar-refractivity contribution in [2.45, 2.75) is 54.9 Å². The van der Waals surface area contributed by atoms with Gasteiger partial charge in [-0.2, -0.15) is 0 Å². The summed E-state index contributed by atoms with van der Waals surface area (Å²) in [6, 6.07) is 9.33. The molecule has 1 unspecified atom stereocenters. The van der Waals surface area contributed by atoms with Gasteiger partial charge in [0.05, 0.1) is 17.1 Å². The minimum absolute atomic E-state index is 0.0746. The Hall–Kier alpha value is -3.16. The Morgan fingerprint density at radius 2 is 2.17 bits per heavy atom. The van der Waals surface area contributed by atoms with Gasteiger partial charge in [0.2, 0.25) is 5.91 Å². The average molecular weight is 491 g/mol. The van der Waals surface area contributed by atoms with Gasteiger partial charge >= 0.3 is 0 Å². The second kappa shape index (κ2) is 8.18. The maximum Gasteiger partial charge on any atom is 0.246 e. The minimum atomic E-state index is -1.04. The largest absolute Gasteiger partial charge is 0.504 e. The SMILES string of the molecule is C=CCN1CC[C@]23c4c5ccc(O)c4O[C@H]2[C@H](N(C)C(=O)C=Cc2cccc(F)c2)CCC3(O)[C@H]1C5. The number of phenols is 1. The molecule has 2 fully saturated rings. The number of piperidine rings is 1. The van der Waals surface area contributed by atoms with E-state index in [1.54, 1.807) is 36.2 Å². The molecule has 6 nitrogen and oxygen atoms in total. The van der Waals surface area contributed by atoms with Crippen molar-refractivity contribution < 1.29 is 24.1 Å². The van der Waals surface area contributed by atoms with Crippen LogP contribution in [0.15, 0.2) is 55.1 Å². The first-order valence-electron chi connectivity index (χ1n) is 12.6. The summed E-state index contributed by atoms with van der Waals surface area (Å²) in [4.78, 5) is 17.2. The van der Waals surface area contributed by atoms with Gasteiger partial charge in [0.15, 0.2) is 11.5 Å². The molecule has 0 radical (unpaired) electrons. The van der Waals surface area contributed by atoms with Crippen molar-refractivity contribution in [3.05, 3.63) is 77.6 Å². The van der Waals surface area contributed by atoms with Gasteiger partial charge in [-0.1, -0.05) is 24.3 Å². The van der Waals surface area contributed by atoms with Crippen LogP contribution in [0.5, 0.6) is 11.5 Å². The van der Waals surface area contributed by atoms with Gasteiger partial charge in [0.1, 0.15) is 11.9 Å². The second-order valence-electron chi connectivity index (χ2n) is 10.6. The average Bonchev–Trinajstić information content (AvgIpc) is 3.21. The van der Waals surface area contributed by atoms with Crippen LogP contribution in [0.1, 0.15) is 36.0 Å². The highest BCUT2D eigenvalue weighted by Crippen LogP contribution is 2.65. The molecule has 2 aromatic rings. The molecule has 36 heavy (non-hydrogen) atoms. The lowest BCUT2D eigenvalue weighted by atomic mass is 9.48. The summed E-state index contributed by atoms with van der Waals surface area (Å²) in [5, 5.41) is 23.2.